The van der Waals surface area contributed by atoms with Crippen molar-refractivity contribution in [3.8, 4) is 0 Å². The largest absolute Gasteiger partial charge is 0.480 e. The van der Waals surface area contributed by atoms with Gasteiger partial charge in [0, 0.05) is 19.3 Å². The van der Waals surface area contributed by atoms with E-state index in [-0.39, 0.29) is 19.0 Å². The zero-order valence-corrected chi connectivity index (χ0v) is 14.9. The molecule has 0 aliphatic rings. The van der Waals surface area contributed by atoms with Crippen LogP contribution in [-0.4, -0.2) is 43.2 Å². The van der Waals surface area contributed by atoms with Crippen molar-refractivity contribution in [2.75, 3.05) is 6.54 Å². The fraction of sp³-hybridized carbons (Fsp3) is 0.263. The SMILES string of the molecule is Cc1cc(C(=O)N(CC(=O)O)Cc2ccccc2)c2c(C)nn(C)c2n1. The number of amides is 1. The Morgan fingerprint density at radius 2 is 1.88 bits per heavy atom. The highest BCUT2D eigenvalue weighted by atomic mass is 16.4. The predicted molar refractivity (Wildman–Crippen MR) is 96.8 cm³/mol. The van der Waals surface area contributed by atoms with Crippen LogP contribution in [0.15, 0.2) is 36.4 Å². The molecular formula is C19H20N4O3. The quantitative estimate of drug-likeness (QED) is 0.761. The second-order valence-electron chi connectivity index (χ2n) is 6.26. The van der Waals surface area contributed by atoms with Crippen LogP contribution in [-0.2, 0) is 18.4 Å². The third-order valence-corrected chi connectivity index (χ3v) is 4.16. The van der Waals surface area contributed by atoms with Crippen LogP contribution in [0.1, 0.15) is 27.3 Å². The maximum atomic E-state index is 13.2. The first-order chi connectivity index (χ1) is 12.4. The molecule has 0 saturated heterocycles. The first-order valence-corrected chi connectivity index (χ1v) is 8.22. The van der Waals surface area contributed by atoms with E-state index < -0.39 is 5.97 Å². The molecule has 0 saturated carbocycles. The van der Waals surface area contributed by atoms with E-state index in [2.05, 4.69) is 10.1 Å². The van der Waals surface area contributed by atoms with E-state index in [9.17, 15) is 14.7 Å². The summed E-state index contributed by atoms with van der Waals surface area (Å²) < 4.78 is 1.63. The van der Waals surface area contributed by atoms with Crippen LogP contribution in [0.25, 0.3) is 11.0 Å². The number of benzene rings is 1. The maximum Gasteiger partial charge on any atom is 0.323 e. The number of carboxylic acids is 1. The average molecular weight is 352 g/mol. The Hall–Kier alpha value is -3.22. The lowest BCUT2D eigenvalue weighted by molar-refractivity contribution is -0.137. The molecule has 134 valence electrons. The molecule has 0 unspecified atom stereocenters. The second kappa shape index (κ2) is 6.95. The number of aliphatic carboxylic acids is 1. The number of aryl methyl sites for hydroxylation is 3. The van der Waals surface area contributed by atoms with E-state index >= 15 is 0 Å². The molecule has 0 atom stereocenters. The van der Waals surface area contributed by atoms with E-state index in [0.717, 1.165) is 5.56 Å². The zero-order valence-electron chi connectivity index (χ0n) is 14.9. The van der Waals surface area contributed by atoms with Crippen LogP contribution in [0.2, 0.25) is 0 Å². The molecule has 2 heterocycles. The van der Waals surface area contributed by atoms with Crippen LogP contribution >= 0.6 is 0 Å². The molecule has 0 aliphatic heterocycles. The Balaban J connectivity index is 2.06. The lowest BCUT2D eigenvalue weighted by Crippen LogP contribution is -2.35. The van der Waals surface area contributed by atoms with Crippen LogP contribution in [0, 0.1) is 13.8 Å². The highest BCUT2D eigenvalue weighted by Crippen LogP contribution is 2.23. The summed E-state index contributed by atoms with van der Waals surface area (Å²) in [6, 6.07) is 11.0. The van der Waals surface area contributed by atoms with Gasteiger partial charge in [-0.15, -0.1) is 0 Å². The number of rotatable bonds is 5. The van der Waals surface area contributed by atoms with Gasteiger partial charge in [0.1, 0.15) is 6.54 Å². The molecule has 0 radical (unpaired) electrons. The van der Waals surface area contributed by atoms with Gasteiger partial charge < -0.3 is 10.0 Å². The molecule has 0 spiro atoms. The highest BCUT2D eigenvalue weighted by Gasteiger charge is 2.24. The van der Waals surface area contributed by atoms with Gasteiger partial charge in [-0.1, -0.05) is 30.3 Å². The van der Waals surface area contributed by atoms with Crippen molar-refractivity contribution < 1.29 is 14.7 Å². The molecule has 7 nitrogen and oxygen atoms in total. The molecule has 0 aliphatic carbocycles. The maximum absolute atomic E-state index is 13.2. The third kappa shape index (κ3) is 3.42. The zero-order chi connectivity index (χ0) is 18.8. The van der Waals surface area contributed by atoms with Crippen LogP contribution in [0.5, 0.6) is 0 Å². The fourth-order valence-electron chi connectivity index (χ4n) is 3.08. The van der Waals surface area contributed by atoms with Crippen molar-refractivity contribution in [3.05, 3.63) is 58.9 Å². The molecule has 0 bridgehead atoms. The van der Waals surface area contributed by atoms with Crippen LogP contribution in [0.4, 0.5) is 0 Å². The number of fused-ring (bicyclic) bond motifs is 1. The molecule has 0 fully saturated rings. The minimum atomic E-state index is -1.06. The van der Waals surface area contributed by atoms with E-state index in [1.54, 1.807) is 24.7 Å². The minimum absolute atomic E-state index is 0.216. The topological polar surface area (TPSA) is 88.3 Å². The summed E-state index contributed by atoms with van der Waals surface area (Å²) >= 11 is 0. The van der Waals surface area contributed by atoms with Crippen molar-refractivity contribution in [3.63, 3.8) is 0 Å². The summed E-state index contributed by atoms with van der Waals surface area (Å²) in [5, 5.41) is 14.3. The Morgan fingerprint density at radius 1 is 1.19 bits per heavy atom. The lowest BCUT2D eigenvalue weighted by atomic mass is 10.1. The first kappa shape index (κ1) is 17.6. The summed E-state index contributed by atoms with van der Waals surface area (Å²) in [6.07, 6.45) is 0. The number of carboxylic acid groups (broad SMARTS) is 1. The van der Waals surface area contributed by atoms with E-state index in [0.29, 0.717) is 28.0 Å². The van der Waals surface area contributed by atoms with Gasteiger partial charge in [0.25, 0.3) is 5.91 Å². The van der Waals surface area contributed by atoms with Gasteiger partial charge in [0.15, 0.2) is 5.65 Å². The summed E-state index contributed by atoms with van der Waals surface area (Å²) in [6.45, 7) is 3.45. The molecule has 26 heavy (non-hydrogen) atoms. The van der Waals surface area contributed by atoms with E-state index in [1.165, 1.54) is 4.90 Å². The number of nitrogens with zero attached hydrogens (tertiary/aromatic N) is 4. The van der Waals surface area contributed by atoms with Gasteiger partial charge in [-0.2, -0.15) is 5.10 Å². The lowest BCUT2D eigenvalue weighted by Gasteiger charge is -2.21. The number of hydrogen-bond acceptors (Lipinski definition) is 4. The van der Waals surface area contributed by atoms with Crippen molar-refractivity contribution in [2.24, 2.45) is 7.05 Å². The van der Waals surface area contributed by atoms with Crippen molar-refractivity contribution in [2.45, 2.75) is 20.4 Å². The highest BCUT2D eigenvalue weighted by molar-refractivity contribution is 6.07. The smallest absolute Gasteiger partial charge is 0.323 e. The molecule has 1 N–H and O–H groups in total. The molecule has 3 aromatic rings. The van der Waals surface area contributed by atoms with Gasteiger partial charge in [0.05, 0.1) is 16.6 Å². The summed E-state index contributed by atoms with van der Waals surface area (Å²) in [5.41, 5.74) is 3.27. The molecule has 3 rings (SSSR count). The molecule has 2 aromatic heterocycles. The van der Waals surface area contributed by atoms with Gasteiger partial charge in [-0.05, 0) is 25.5 Å². The Kier molecular flexibility index (Phi) is 4.71. The van der Waals surface area contributed by atoms with Gasteiger partial charge >= 0.3 is 5.97 Å². The first-order valence-electron chi connectivity index (χ1n) is 8.22. The van der Waals surface area contributed by atoms with Gasteiger partial charge in [-0.3, -0.25) is 14.3 Å². The van der Waals surface area contributed by atoms with Crippen molar-refractivity contribution in [1.29, 1.82) is 0 Å². The minimum Gasteiger partial charge on any atom is -0.480 e. The fourth-order valence-corrected chi connectivity index (χ4v) is 3.08. The Bertz CT molecular complexity index is 979. The monoisotopic (exact) mass is 352 g/mol. The summed E-state index contributed by atoms with van der Waals surface area (Å²) in [4.78, 5) is 30.3. The van der Waals surface area contributed by atoms with Crippen LogP contribution < -0.4 is 0 Å². The number of pyridine rings is 1. The summed E-state index contributed by atoms with van der Waals surface area (Å²) in [5.74, 6) is -1.40. The van der Waals surface area contributed by atoms with Crippen molar-refractivity contribution >= 4 is 22.9 Å². The van der Waals surface area contributed by atoms with E-state index in [4.69, 9.17) is 0 Å². The van der Waals surface area contributed by atoms with Crippen LogP contribution in [0.3, 0.4) is 0 Å². The Labute approximate surface area is 150 Å². The molecule has 7 heteroatoms. The number of hydrogen-bond donors (Lipinski definition) is 1. The average Bonchev–Trinajstić information content (AvgIpc) is 2.87. The van der Waals surface area contributed by atoms with Gasteiger partial charge in [-0.25, -0.2) is 4.98 Å². The number of carbonyl (C=O) groups excluding carboxylic acids is 1. The second-order valence-corrected chi connectivity index (χ2v) is 6.26. The Morgan fingerprint density at radius 3 is 2.54 bits per heavy atom. The van der Waals surface area contributed by atoms with Gasteiger partial charge in [0.2, 0.25) is 0 Å². The molecule has 1 amide bonds. The van der Waals surface area contributed by atoms with E-state index in [1.807, 2.05) is 37.3 Å². The summed E-state index contributed by atoms with van der Waals surface area (Å²) in [7, 11) is 1.77. The predicted octanol–water partition coefficient (Wildman–Crippen LogP) is 2.31. The molecule has 1 aromatic carbocycles. The number of carbonyl (C=O) groups is 2. The van der Waals surface area contributed by atoms with Crippen molar-refractivity contribution in [1.82, 2.24) is 19.7 Å². The standard InChI is InChI=1S/C19H20N4O3/c1-12-9-15(17-13(2)21-22(3)18(17)20-12)19(26)23(11-16(24)25)10-14-7-5-4-6-8-14/h4-9H,10-11H2,1-3H3,(H,24,25). The normalized spacial score (nSPS) is 10.9. The number of aromatic nitrogens is 3. The third-order valence-electron chi connectivity index (χ3n) is 4.16. The molecular weight excluding hydrogens is 332 g/mol.